The number of rotatable bonds is 11. The summed E-state index contributed by atoms with van der Waals surface area (Å²) in [5, 5.41) is 15.9. The van der Waals surface area contributed by atoms with E-state index in [2.05, 4.69) is 10.6 Å². The molecule has 6 aromatic rings. The Hall–Kier alpha value is -5.19. The number of aromatic nitrogens is 1. The van der Waals surface area contributed by atoms with E-state index in [1.807, 2.05) is 140 Å². The number of nitrogens with zero attached hydrogens (tertiary/aromatic N) is 1. The first kappa shape index (κ1) is 33.3. The van der Waals surface area contributed by atoms with Crippen molar-refractivity contribution in [2.45, 2.75) is 43.3 Å². The highest BCUT2D eigenvalue weighted by Crippen LogP contribution is 2.41. The van der Waals surface area contributed by atoms with Crippen LogP contribution in [0.3, 0.4) is 0 Å². The molecule has 3 atom stereocenters. The zero-order chi connectivity index (χ0) is 34.1. The van der Waals surface area contributed by atoms with Crippen molar-refractivity contribution in [3.63, 3.8) is 0 Å². The Morgan fingerprint density at radius 3 is 2.06 bits per heavy atom. The summed E-state index contributed by atoms with van der Waals surface area (Å²) in [5.41, 5.74) is 7.11. The van der Waals surface area contributed by atoms with Gasteiger partial charge < -0.3 is 29.6 Å². The van der Waals surface area contributed by atoms with E-state index in [1.54, 1.807) is 0 Å². The molecule has 5 aromatic carbocycles. The predicted octanol–water partition coefficient (Wildman–Crippen LogP) is 9.16. The van der Waals surface area contributed by atoms with Crippen LogP contribution in [0.2, 0.25) is 0 Å². The molecule has 0 spiro atoms. The number of thioether (sulfide) groups is 1. The minimum Gasteiger partial charge on any atom is -0.431 e. The molecule has 8 nitrogen and oxygen atoms in total. The van der Waals surface area contributed by atoms with Crippen molar-refractivity contribution in [2.75, 3.05) is 11.1 Å². The fraction of sp³-hybridized carbons (Fsp3) is 0.171. The number of ether oxygens (including phenoxy) is 2. The van der Waals surface area contributed by atoms with Crippen molar-refractivity contribution in [3.05, 3.63) is 162 Å². The van der Waals surface area contributed by atoms with Gasteiger partial charge in [-0.2, -0.15) is 0 Å². The van der Waals surface area contributed by atoms with Crippen molar-refractivity contribution >= 4 is 23.5 Å². The smallest absolute Gasteiger partial charge is 0.319 e. The van der Waals surface area contributed by atoms with Crippen molar-refractivity contribution in [3.8, 4) is 22.6 Å². The van der Waals surface area contributed by atoms with Gasteiger partial charge in [-0.05, 0) is 28.8 Å². The van der Waals surface area contributed by atoms with Crippen LogP contribution in [-0.2, 0) is 22.6 Å². The Labute approximate surface area is 295 Å². The third-order valence-corrected chi connectivity index (χ3v) is 9.40. The lowest BCUT2D eigenvalue weighted by atomic mass is 10.0. The van der Waals surface area contributed by atoms with Gasteiger partial charge in [0.1, 0.15) is 5.69 Å². The maximum Gasteiger partial charge on any atom is 0.319 e. The van der Waals surface area contributed by atoms with Crippen LogP contribution < -0.4 is 10.6 Å². The summed E-state index contributed by atoms with van der Waals surface area (Å²) in [6.07, 6.45) is -0.434. The molecule has 7 rings (SSSR count). The third kappa shape index (κ3) is 8.33. The normalized spacial score (nSPS) is 17.3. The topological polar surface area (TPSA) is 106 Å². The molecule has 252 valence electrons. The largest absolute Gasteiger partial charge is 0.431 e. The van der Waals surface area contributed by atoms with Gasteiger partial charge in [0.05, 0.1) is 18.8 Å². The molecule has 1 aliphatic heterocycles. The first-order valence-corrected chi connectivity index (χ1v) is 17.5. The number of hydrogen-bond acceptors (Lipinski definition) is 7. The molecule has 1 aromatic heterocycles. The monoisotopic (exact) mass is 683 g/mol. The molecule has 2 heterocycles. The molecule has 1 saturated heterocycles. The van der Waals surface area contributed by atoms with E-state index in [4.69, 9.17) is 18.9 Å². The minimum atomic E-state index is -0.637. The molecule has 0 saturated carbocycles. The average Bonchev–Trinajstić information content (AvgIpc) is 3.62. The number of amides is 2. The standard InChI is InChI=1S/C41H37N3O5S/c45-26-29-16-18-30(19-17-29)36-24-35(27-50-41-44-37(31-12-6-2-7-13-31)38(49-41)32-14-8-3-9-15-32)47-39(48-36)33-20-22-34(23-21-33)43-40(46)42-25-28-10-4-1-5-11-28/h1-23,35-36,39,45H,24-27H2,(H2,42,43,46)/t35-,36+,39+/m1/s1. The molecular weight excluding hydrogens is 647 g/mol. The fourth-order valence-corrected chi connectivity index (χ4v) is 6.64. The lowest BCUT2D eigenvalue weighted by Gasteiger charge is -2.36. The number of oxazole rings is 1. The maximum atomic E-state index is 12.5. The van der Waals surface area contributed by atoms with Crippen LogP contribution in [0.15, 0.2) is 149 Å². The van der Waals surface area contributed by atoms with Gasteiger partial charge in [0, 0.05) is 41.1 Å². The van der Waals surface area contributed by atoms with E-state index in [9.17, 15) is 9.90 Å². The highest BCUT2D eigenvalue weighted by Gasteiger charge is 2.33. The number of aliphatic hydroxyl groups excluding tert-OH is 1. The molecular formula is C41H37N3O5S. The molecule has 9 heteroatoms. The SMILES string of the molecule is O=C(NCc1ccccc1)Nc1ccc([C@H]2O[C@@H](CSc3nc(-c4ccccc4)c(-c4ccccc4)o3)C[C@@H](c3ccc(CO)cc3)O2)cc1. The average molecular weight is 684 g/mol. The van der Waals surface area contributed by atoms with Crippen molar-refractivity contribution in [2.24, 2.45) is 0 Å². The van der Waals surface area contributed by atoms with Gasteiger partial charge in [-0.15, -0.1) is 0 Å². The molecule has 0 unspecified atom stereocenters. The Balaban J connectivity index is 1.07. The van der Waals surface area contributed by atoms with Gasteiger partial charge in [-0.25, -0.2) is 9.78 Å². The Morgan fingerprint density at radius 2 is 1.38 bits per heavy atom. The number of benzene rings is 5. The lowest BCUT2D eigenvalue weighted by molar-refractivity contribution is -0.245. The fourth-order valence-electron chi connectivity index (χ4n) is 5.80. The van der Waals surface area contributed by atoms with E-state index in [-0.39, 0.29) is 24.8 Å². The molecule has 50 heavy (non-hydrogen) atoms. The Bertz CT molecular complexity index is 1910. The highest BCUT2D eigenvalue weighted by molar-refractivity contribution is 7.99. The second-order valence-corrected chi connectivity index (χ2v) is 12.9. The maximum absolute atomic E-state index is 12.5. The lowest BCUT2D eigenvalue weighted by Crippen LogP contribution is -2.31. The van der Waals surface area contributed by atoms with Gasteiger partial charge in [0.2, 0.25) is 0 Å². The van der Waals surface area contributed by atoms with Crippen LogP contribution in [0.25, 0.3) is 22.6 Å². The number of carbonyl (C=O) groups excluding carboxylic acids is 1. The van der Waals surface area contributed by atoms with Gasteiger partial charge in [-0.3, -0.25) is 0 Å². The van der Waals surface area contributed by atoms with Crippen LogP contribution >= 0.6 is 11.8 Å². The first-order valence-electron chi connectivity index (χ1n) is 16.5. The van der Waals surface area contributed by atoms with Crippen molar-refractivity contribution in [1.29, 1.82) is 0 Å². The quantitative estimate of drug-likeness (QED) is 0.117. The van der Waals surface area contributed by atoms with Gasteiger partial charge in [-0.1, -0.05) is 139 Å². The molecule has 3 N–H and O–H groups in total. The number of hydrogen-bond donors (Lipinski definition) is 3. The van der Waals surface area contributed by atoms with Gasteiger partial charge in [0.25, 0.3) is 5.22 Å². The number of carbonyl (C=O) groups is 1. The van der Waals surface area contributed by atoms with Crippen LogP contribution in [-0.4, -0.2) is 28.0 Å². The second-order valence-electron chi connectivity index (χ2n) is 12.0. The highest BCUT2D eigenvalue weighted by atomic mass is 32.2. The summed E-state index contributed by atoms with van der Waals surface area (Å²) in [5.74, 6) is 1.32. The summed E-state index contributed by atoms with van der Waals surface area (Å²) >= 11 is 1.52. The molecule has 1 aliphatic rings. The number of nitrogens with one attached hydrogen (secondary N) is 2. The van der Waals surface area contributed by atoms with Crippen LogP contribution in [0, 0.1) is 0 Å². The summed E-state index contributed by atoms with van der Waals surface area (Å²) < 4.78 is 19.5. The molecule has 0 radical (unpaired) electrons. The van der Waals surface area contributed by atoms with E-state index < -0.39 is 6.29 Å². The molecule has 0 aliphatic carbocycles. The second kappa shape index (κ2) is 16.0. The van der Waals surface area contributed by atoms with Gasteiger partial charge >= 0.3 is 6.03 Å². The van der Waals surface area contributed by atoms with E-state index >= 15 is 0 Å². The zero-order valence-corrected chi connectivity index (χ0v) is 28.1. The minimum absolute atomic E-state index is 0.0203. The van der Waals surface area contributed by atoms with E-state index in [0.29, 0.717) is 29.6 Å². The van der Waals surface area contributed by atoms with Crippen molar-refractivity contribution in [1.82, 2.24) is 10.3 Å². The van der Waals surface area contributed by atoms with E-state index in [0.717, 1.165) is 44.8 Å². The predicted molar refractivity (Wildman–Crippen MR) is 195 cm³/mol. The molecule has 2 amide bonds. The number of urea groups is 1. The number of anilines is 1. The summed E-state index contributed by atoms with van der Waals surface area (Å²) in [7, 11) is 0. The zero-order valence-electron chi connectivity index (χ0n) is 27.3. The van der Waals surface area contributed by atoms with Crippen LogP contribution in [0.5, 0.6) is 0 Å². The summed E-state index contributed by atoms with van der Waals surface area (Å²) in [4.78, 5) is 17.5. The Kier molecular flexibility index (Phi) is 10.7. The van der Waals surface area contributed by atoms with Crippen molar-refractivity contribution < 1.29 is 23.8 Å². The number of aliphatic hydroxyl groups is 1. The summed E-state index contributed by atoms with van der Waals surface area (Å²) in [6.45, 7) is 0.413. The molecule has 0 bridgehead atoms. The third-order valence-electron chi connectivity index (χ3n) is 8.44. The molecule has 1 fully saturated rings. The van der Waals surface area contributed by atoms with Crippen LogP contribution in [0.1, 0.15) is 41.1 Å². The van der Waals surface area contributed by atoms with Crippen LogP contribution in [0.4, 0.5) is 10.5 Å². The Morgan fingerprint density at radius 1 is 0.740 bits per heavy atom. The summed E-state index contributed by atoms with van der Waals surface area (Å²) in [6, 6.07) is 44.9. The van der Waals surface area contributed by atoms with E-state index in [1.165, 1.54) is 11.8 Å². The van der Waals surface area contributed by atoms with Gasteiger partial charge in [0.15, 0.2) is 12.1 Å². The first-order chi connectivity index (χ1) is 24.6.